The first-order valence-corrected chi connectivity index (χ1v) is 9.80. The molecule has 0 aliphatic heterocycles. The highest BCUT2D eigenvalue weighted by atomic mass is 32.2. The Morgan fingerprint density at radius 3 is 3.00 bits per heavy atom. The molecule has 1 aliphatic rings. The van der Waals surface area contributed by atoms with Crippen LogP contribution in [0.15, 0.2) is 37.8 Å². The molecule has 0 amide bonds. The van der Waals surface area contributed by atoms with E-state index in [0.717, 1.165) is 32.4 Å². The number of nitrogens with zero attached hydrogens (tertiary/aromatic N) is 2. The normalized spacial score (nSPS) is 14.2. The lowest BCUT2D eigenvalue weighted by molar-refractivity contribution is 0.559. The summed E-state index contributed by atoms with van der Waals surface area (Å²) in [7, 11) is 0. The third kappa shape index (κ3) is 3.47. The van der Waals surface area contributed by atoms with Crippen molar-refractivity contribution in [3.05, 3.63) is 45.8 Å². The maximum Gasteiger partial charge on any atom is 0.336 e. The molecule has 4 rings (SSSR count). The lowest BCUT2D eigenvalue weighted by atomic mass is 10.1. The summed E-state index contributed by atoms with van der Waals surface area (Å²) in [6.07, 6.45) is 3.35. The quantitative estimate of drug-likeness (QED) is 0.528. The Morgan fingerprint density at radius 2 is 2.21 bits per heavy atom. The summed E-state index contributed by atoms with van der Waals surface area (Å²) < 4.78 is 6.26. The second kappa shape index (κ2) is 6.57. The van der Waals surface area contributed by atoms with E-state index in [2.05, 4.69) is 28.5 Å². The molecule has 0 unspecified atom stereocenters. The summed E-state index contributed by atoms with van der Waals surface area (Å²) in [6.45, 7) is 2.09. The fourth-order valence-corrected chi connectivity index (χ4v) is 4.30. The molecule has 1 aromatic carbocycles. The number of aryl methyl sites for hydroxylation is 1. The van der Waals surface area contributed by atoms with Crippen LogP contribution in [0, 0.1) is 0 Å². The van der Waals surface area contributed by atoms with Crippen molar-refractivity contribution in [2.75, 3.05) is 5.32 Å². The van der Waals surface area contributed by atoms with E-state index < -0.39 is 0 Å². The molecule has 3 aromatic rings. The van der Waals surface area contributed by atoms with E-state index in [9.17, 15) is 4.79 Å². The molecule has 0 bridgehead atoms. The molecular formula is C17H17N3O2S2. The van der Waals surface area contributed by atoms with Crippen LogP contribution in [0.2, 0.25) is 0 Å². The fourth-order valence-electron chi connectivity index (χ4n) is 2.48. The van der Waals surface area contributed by atoms with E-state index in [-0.39, 0.29) is 5.63 Å². The van der Waals surface area contributed by atoms with E-state index in [1.54, 1.807) is 29.2 Å². The van der Waals surface area contributed by atoms with Gasteiger partial charge in [0.05, 0.1) is 0 Å². The van der Waals surface area contributed by atoms with Crippen LogP contribution in [0.25, 0.3) is 11.0 Å². The average Bonchev–Trinajstić information content (AvgIpc) is 3.28. The minimum atomic E-state index is -0.306. The monoisotopic (exact) mass is 359 g/mol. The number of benzene rings is 1. The number of anilines is 1. The van der Waals surface area contributed by atoms with Crippen LogP contribution in [-0.4, -0.2) is 16.2 Å². The van der Waals surface area contributed by atoms with Crippen LogP contribution >= 0.6 is 23.1 Å². The number of hydrogen-bond acceptors (Lipinski definition) is 7. The van der Waals surface area contributed by atoms with Crippen molar-refractivity contribution in [2.45, 2.75) is 42.3 Å². The van der Waals surface area contributed by atoms with Gasteiger partial charge in [0.2, 0.25) is 5.13 Å². The smallest absolute Gasteiger partial charge is 0.336 e. The fraction of sp³-hybridized carbons (Fsp3) is 0.353. The molecule has 2 aromatic heterocycles. The predicted molar refractivity (Wildman–Crippen MR) is 98.0 cm³/mol. The number of thioether (sulfide) groups is 1. The van der Waals surface area contributed by atoms with Gasteiger partial charge >= 0.3 is 5.63 Å². The Kier molecular flexibility index (Phi) is 4.28. The average molecular weight is 359 g/mol. The van der Waals surface area contributed by atoms with Gasteiger partial charge in [0, 0.05) is 23.2 Å². The molecule has 0 atom stereocenters. The highest BCUT2D eigenvalue weighted by Gasteiger charge is 2.22. The van der Waals surface area contributed by atoms with Gasteiger partial charge in [-0.25, -0.2) is 4.79 Å². The number of nitrogens with one attached hydrogen (secondary N) is 1. The lowest BCUT2D eigenvalue weighted by Gasteiger charge is -2.05. The predicted octanol–water partition coefficient (Wildman–Crippen LogP) is 4.07. The second-order valence-corrected chi connectivity index (χ2v) is 8.06. The third-order valence-corrected chi connectivity index (χ3v) is 6.00. The summed E-state index contributed by atoms with van der Waals surface area (Å²) in [5.74, 6) is 0.672. The van der Waals surface area contributed by atoms with Gasteiger partial charge < -0.3 is 9.73 Å². The van der Waals surface area contributed by atoms with Crippen molar-refractivity contribution >= 4 is 39.2 Å². The molecule has 124 valence electrons. The number of fused-ring (bicyclic) bond motifs is 1. The molecule has 1 fully saturated rings. The lowest BCUT2D eigenvalue weighted by Crippen LogP contribution is -2.00. The van der Waals surface area contributed by atoms with Crippen LogP contribution in [-0.2, 0) is 12.2 Å². The zero-order chi connectivity index (χ0) is 16.5. The highest BCUT2D eigenvalue weighted by Crippen LogP contribution is 2.32. The van der Waals surface area contributed by atoms with E-state index in [1.807, 2.05) is 12.1 Å². The van der Waals surface area contributed by atoms with Crippen LogP contribution < -0.4 is 10.9 Å². The van der Waals surface area contributed by atoms with Gasteiger partial charge in [0.25, 0.3) is 0 Å². The summed E-state index contributed by atoms with van der Waals surface area (Å²) in [6, 6.07) is 8.22. The number of aromatic nitrogens is 2. The van der Waals surface area contributed by atoms with Crippen molar-refractivity contribution in [1.29, 1.82) is 0 Å². The molecule has 1 N–H and O–H groups in total. The summed E-state index contributed by atoms with van der Waals surface area (Å²) in [5, 5.41) is 13.6. The molecule has 5 nitrogen and oxygen atoms in total. The van der Waals surface area contributed by atoms with Gasteiger partial charge in [-0.1, -0.05) is 42.2 Å². The van der Waals surface area contributed by atoms with Crippen molar-refractivity contribution in [3.63, 3.8) is 0 Å². The van der Waals surface area contributed by atoms with Crippen molar-refractivity contribution in [2.24, 2.45) is 0 Å². The summed E-state index contributed by atoms with van der Waals surface area (Å²) in [4.78, 5) is 11.8. The van der Waals surface area contributed by atoms with E-state index in [1.165, 1.54) is 12.8 Å². The summed E-state index contributed by atoms with van der Waals surface area (Å²) in [5.41, 5.74) is 2.49. The van der Waals surface area contributed by atoms with E-state index in [4.69, 9.17) is 4.42 Å². The van der Waals surface area contributed by atoms with Crippen LogP contribution in [0.5, 0.6) is 0 Å². The molecule has 24 heavy (non-hydrogen) atoms. The molecule has 1 aliphatic carbocycles. The van der Waals surface area contributed by atoms with Gasteiger partial charge in [0.1, 0.15) is 5.58 Å². The van der Waals surface area contributed by atoms with Crippen LogP contribution in [0.3, 0.4) is 0 Å². The Morgan fingerprint density at radius 1 is 1.33 bits per heavy atom. The van der Waals surface area contributed by atoms with Crippen molar-refractivity contribution < 1.29 is 4.42 Å². The van der Waals surface area contributed by atoms with Gasteiger partial charge in [-0.3, -0.25) is 0 Å². The van der Waals surface area contributed by atoms with E-state index in [0.29, 0.717) is 17.4 Å². The zero-order valence-corrected chi connectivity index (χ0v) is 14.9. The third-order valence-electron chi connectivity index (χ3n) is 3.97. The number of hydrogen-bond donors (Lipinski definition) is 1. The second-order valence-electron chi connectivity index (χ2n) is 5.86. The molecule has 0 saturated heterocycles. The first kappa shape index (κ1) is 15.7. The van der Waals surface area contributed by atoms with Gasteiger partial charge in [-0.2, -0.15) is 0 Å². The van der Waals surface area contributed by atoms with Crippen molar-refractivity contribution in [1.82, 2.24) is 10.2 Å². The largest absolute Gasteiger partial charge is 0.423 e. The van der Waals surface area contributed by atoms with Gasteiger partial charge in [0.15, 0.2) is 4.34 Å². The van der Waals surface area contributed by atoms with Crippen molar-refractivity contribution in [3.8, 4) is 0 Å². The minimum absolute atomic E-state index is 0.306. The minimum Gasteiger partial charge on any atom is -0.423 e. The Bertz CT molecular complexity index is 931. The maximum atomic E-state index is 11.8. The molecule has 0 spiro atoms. The van der Waals surface area contributed by atoms with E-state index >= 15 is 0 Å². The molecule has 2 heterocycles. The molecular weight excluding hydrogens is 342 g/mol. The SMILES string of the molecule is CCc1ccc2c(CSc3nnc(NC4CC4)s3)cc(=O)oc2c1. The molecule has 1 saturated carbocycles. The van der Waals surface area contributed by atoms with Crippen LogP contribution in [0.4, 0.5) is 5.13 Å². The molecule has 0 radical (unpaired) electrons. The summed E-state index contributed by atoms with van der Waals surface area (Å²) >= 11 is 3.16. The Hall–Kier alpha value is -1.86. The van der Waals surface area contributed by atoms with Gasteiger partial charge in [-0.15, -0.1) is 10.2 Å². The highest BCUT2D eigenvalue weighted by molar-refractivity contribution is 8.00. The first-order valence-electron chi connectivity index (χ1n) is 8.00. The number of rotatable bonds is 6. The first-order chi connectivity index (χ1) is 11.7. The Balaban J connectivity index is 1.55. The van der Waals surface area contributed by atoms with Crippen LogP contribution in [0.1, 0.15) is 30.9 Å². The standard InChI is InChI=1S/C17H17N3O2S2/c1-2-10-3-6-13-11(8-15(21)22-14(13)7-10)9-23-17-20-19-16(24-17)18-12-4-5-12/h3,6-8,12H,2,4-5,9H2,1H3,(H,18,19). The maximum absolute atomic E-state index is 11.8. The topological polar surface area (TPSA) is 68.0 Å². The molecule has 7 heteroatoms. The Labute approximate surface area is 147 Å². The zero-order valence-electron chi connectivity index (χ0n) is 13.2. The van der Waals surface area contributed by atoms with Gasteiger partial charge in [-0.05, 0) is 36.5 Å².